The first-order chi connectivity index (χ1) is 13.6. The van der Waals surface area contributed by atoms with Crippen LogP contribution in [-0.4, -0.2) is 24.5 Å². The minimum absolute atomic E-state index is 0.333. The minimum atomic E-state index is 0.333. The van der Waals surface area contributed by atoms with Gasteiger partial charge in [-0.1, -0.05) is 23.2 Å². The highest BCUT2D eigenvalue weighted by atomic mass is 35.5. The lowest BCUT2D eigenvalue weighted by molar-refractivity contribution is 0.638. The number of nitrogens with zero attached hydrogens (tertiary/aromatic N) is 5. The number of rotatable bonds is 5. The third kappa shape index (κ3) is 3.59. The Morgan fingerprint density at radius 1 is 1.21 bits per heavy atom. The Kier molecular flexibility index (Phi) is 5.27. The van der Waals surface area contributed by atoms with Gasteiger partial charge < -0.3 is 10.3 Å². The van der Waals surface area contributed by atoms with Crippen LogP contribution in [0.4, 0.5) is 5.82 Å². The molecule has 2 aliphatic heterocycles. The number of fused-ring (bicyclic) bond motifs is 2. The fraction of sp³-hybridized carbons (Fsp3) is 0.158. The number of imidazole rings is 1. The Morgan fingerprint density at radius 3 is 2.89 bits per heavy atom. The molecule has 6 nitrogen and oxygen atoms in total. The van der Waals surface area contributed by atoms with E-state index in [0.29, 0.717) is 45.5 Å². The molecule has 3 heterocycles. The Balaban J connectivity index is 1.75. The van der Waals surface area contributed by atoms with Gasteiger partial charge in [0.1, 0.15) is 0 Å². The molecule has 28 heavy (non-hydrogen) atoms. The predicted octanol–water partition coefficient (Wildman–Crippen LogP) is 4.78. The van der Waals surface area contributed by atoms with E-state index in [-0.39, 0.29) is 0 Å². The number of pyridine rings is 1. The van der Waals surface area contributed by atoms with Crippen molar-refractivity contribution in [2.75, 3.05) is 5.73 Å². The molecular formula is C19H14Cl2N6S. The second-order valence-corrected chi connectivity index (χ2v) is 7.86. The summed E-state index contributed by atoms with van der Waals surface area (Å²) < 4.78 is 1.91. The Morgan fingerprint density at radius 2 is 2.07 bits per heavy atom. The van der Waals surface area contributed by atoms with Gasteiger partial charge in [0.05, 0.1) is 16.9 Å². The molecule has 1 aromatic heterocycles. The summed E-state index contributed by atoms with van der Waals surface area (Å²) in [7, 11) is 0. The molecule has 0 aliphatic carbocycles. The molecule has 2 N–H and O–H groups in total. The van der Waals surface area contributed by atoms with Gasteiger partial charge in [-0.3, -0.25) is 4.98 Å². The van der Waals surface area contributed by atoms with Gasteiger partial charge in [0.15, 0.2) is 22.5 Å². The molecule has 2 aromatic rings. The molecule has 4 rings (SSSR count). The maximum atomic E-state index is 6.29. The first kappa shape index (κ1) is 18.8. The van der Waals surface area contributed by atoms with Gasteiger partial charge >= 0.3 is 0 Å². The lowest BCUT2D eigenvalue weighted by atomic mass is 10.2. The summed E-state index contributed by atoms with van der Waals surface area (Å²) in [6, 6.07) is 5.34. The third-order valence-electron chi connectivity index (χ3n) is 4.11. The van der Waals surface area contributed by atoms with Gasteiger partial charge in [-0.2, -0.15) is 0 Å². The lowest BCUT2D eigenvalue weighted by Gasteiger charge is -2.09. The van der Waals surface area contributed by atoms with Gasteiger partial charge in [0.25, 0.3) is 0 Å². The number of benzene rings is 1. The normalized spacial score (nSPS) is 11.2. The lowest BCUT2D eigenvalue weighted by Crippen LogP contribution is -2.08. The van der Waals surface area contributed by atoms with Crippen molar-refractivity contribution in [1.29, 1.82) is 0 Å². The van der Waals surface area contributed by atoms with E-state index in [1.807, 2.05) is 10.6 Å². The number of anilines is 1. The highest BCUT2D eigenvalue weighted by molar-refractivity contribution is 7.99. The first-order valence-electron chi connectivity index (χ1n) is 8.40. The molecule has 0 saturated heterocycles. The molecule has 2 aliphatic rings. The van der Waals surface area contributed by atoms with Gasteiger partial charge in [-0.05, 0) is 36.4 Å². The molecule has 0 unspecified atom stereocenters. The van der Waals surface area contributed by atoms with Crippen molar-refractivity contribution in [2.24, 2.45) is 0 Å². The summed E-state index contributed by atoms with van der Waals surface area (Å²) in [4.78, 5) is 18.7. The van der Waals surface area contributed by atoms with E-state index in [9.17, 15) is 0 Å². The van der Waals surface area contributed by atoms with Gasteiger partial charge in [0, 0.05) is 34.5 Å². The number of aromatic nitrogens is 5. The maximum absolute atomic E-state index is 6.29. The van der Waals surface area contributed by atoms with E-state index in [2.05, 4.69) is 25.9 Å². The van der Waals surface area contributed by atoms with Crippen LogP contribution >= 0.6 is 35.0 Å². The van der Waals surface area contributed by atoms with Crippen molar-refractivity contribution in [3.8, 4) is 23.9 Å². The average molecular weight is 429 g/mol. The number of terminal acetylenes is 1. The van der Waals surface area contributed by atoms with E-state index in [1.165, 1.54) is 11.8 Å². The Bertz CT molecular complexity index is 1180. The molecule has 0 saturated carbocycles. The van der Waals surface area contributed by atoms with Crippen LogP contribution in [0, 0.1) is 12.3 Å². The van der Waals surface area contributed by atoms with Crippen LogP contribution in [0.1, 0.15) is 12.8 Å². The van der Waals surface area contributed by atoms with Gasteiger partial charge in [-0.15, -0.1) is 12.3 Å². The van der Waals surface area contributed by atoms with Gasteiger partial charge in [-0.25, -0.2) is 15.0 Å². The maximum Gasteiger partial charge on any atom is 0.195 e. The molecule has 0 fully saturated rings. The molecule has 0 amide bonds. The number of hydrogen-bond acceptors (Lipinski definition) is 6. The van der Waals surface area contributed by atoms with Crippen LogP contribution < -0.4 is 5.73 Å². The number of hydrogen-bond donors (Lipinski definition) is 1. The summed E-state index contributed by atoms with van der Waals surface area (Å²) in [5, 5.41) is 2.46. The zero-order valence-corrected chi connectivity index (χ0v) is 16.9. The standard InChI is InChI=1S/C19H14Cl2N6S/c1-2-3-4-7-27-10-24-17(22)16-18(27)26-19(25-16)28-14-9-11(20)8-12-13(21)5-6-23-15(12)14/h1,5-6,8-10H,3-4,7,22H2. The van der Waals surface area contributed by atoms with Crippen LogP contribution in [0.5, 0.6) is 0 Å². The van der Waals surface area contributed by atoms with Crippen molar-refractivity contribution in [2.45, 2.75) is 29.4 Å². The predicted molar refractivity (Wildman–Crippen MR) is 113 cm³/mol. The summed E-state index contributed by atoms with van der Waals surface area (Å²) >= 11 is 13.9. The smallest absolute Gasteiger partial charge is 0.195 e. The summed E-state index contributed by atoms with van der Waals surface area (Å²) in [6.45, 7) is 0.689. The van der Waals surface area contributed by atoms with Crippen LogP contribution in [0.15, 0.2) is 40.8 Å². The van der Waals surface area contributed by atoms with E-state index < -0.39 is 0 Å². The fourth-order valence-corrected chi connectivity index (χ4v) is 4.22. The SMILES string of the molecule is C#CCCCn1cnc(N)c2nc(Sc3cc(Cl)cc4c(Cl)ccnc34)nc1-2. The summed E-state index contributed by atoms with van der Waals surface area (Å²) in [6.07, 6.45) is 10.1. The van der Waals surface area contributed by atoms with E-state index in [0.717, 1.165) is 22.2 Å². The quantitative estimate of drug-likeness (QED) is 0.363. The molecule has 0 radical (unpaired) electrons. The molecule has 0 bridgehead atoms. The number of nitrogens with two attached hydrogens (primary N) is 1. The topological polar surface area (TPSA) is 82.5 Å². The van der Waals surface area contributed by atoms with Crippen LogP contribution in [0.3, 0.4) is 0 Å². The molecule has 0 atom stereocenters. The van der Waals surface area contributed by atoms with Crippen LogP contribution in [0.25, 0.3) is 22.4 Å². The molecule has 0 spiro atoms. The van der Waals surface area contributed by atoms with Crippen LogP contribution in [-0.2, 0) is 6.54 Å². The third-order valence-corrected chi connectivity index (χ3v) is 5.56. The van der Waals surface area contributed by atoms with Crippen molar-refractivity contribution < 1.29 is 0 Å². The second-order valence-electron chi connectivity index (χ2n) is 6.00. The Hall–Kier alpha value is -2.53. The highest BCUT2D eigenvalue weighted by Gasteiger charge is 2.20. The molecule has 140 valence electrons. The molecular weight excluding hydrogens is 415 g/mol. The Labute approximate surface area is 175 Å². The zero-order chi connectivity index (χ0) is 19.7. The van der Waals surface area contributed by atoms with E-state index in [4.69, 9.17) is 35.4 Å². The first-order valence-corrected chi connectivity index (χ1v) is 9.97. The van der Waals surface area contributed by atoms with Gasteiger partial charge in [0.2, 0.25) is 0 Å². The van der Waals surface area contributed by atoms with Crippen molar-refractivity contribution in [3.63, 3.8) is 0 Å². The number of unbranched alkanes of at least 4 members (excludes halogenated alkanes) is 1. The van der Waals surface area contributed by atoms with Crippen molar-refractivity contribution in [1.82, 2.24) is 24.5 Å². The number of nitrogen functional groups attached to an aromatic ring is 1. The van der Waals surface area contributed by atoms with E-state index in [1.54, 1.807) is 24.7 Å². The van der Waals surface area contributed by atoms with Crippen LogP contribution in [0.2, 0.25) is 10.0 Å². The number of aryl methyl sites for hydroxylation is 1. The van der Waals surface area contributed by atoms with Crippen molar-refractivity contribution in [3.05, 3.63) is 40.8 Å². The molecule has 1 aromatic carbocycles. The average Bonchev–Trinajstić information content (AvgIpc) is 3.09. The highest BCUT2D eigenvalue weighted by Crippen LogP contribution is 2.38. The van der Waals surface area contributed by atoms with Crippen molar-refractivity contribution >= 4 is 51.7 Å². The zero-order valence-electron chi connectivity index (χ0n) is 14.6. The largest absolute Gasteiger partial charge is 0.382 e. The summed E-state index contributed by atoms with van der Waals surface area (Å²) in [5.74, 6) is 3.64. The second kappa shape index (κ2) is 7.84. The fourth-order valence-electron chi connectivity index (χ4n) is 2.83. The number of halogens is 2. The van der Waals surface area contributed by atoms with E-state index >= 15 is 0 Å². The molecule has 9 heteroatoms. The summed E-state index contributed by atoms with van der Waals surface area (Å²) in [5.41, 5.74) is 7.30. The minimum Gasteiger partial charge on any atom is -0.382 e. The monoisotopic (exact) mass is 428 g/mol.